The van der Waals surface area contributed by atoms with Crippen molar-refractivity contribution in [2.75, 3.05) is 6.54 Å². The van der Waals surface area contributed by atoms with Gasteiger partial charge in [-0.1, -0.05) is 0 Å². The molecule has 0 bridgehead atoms. The first kappa shape index (κ1) is 14.8. The lowest BCUT2D eigenvalue weighted by atomic mass is 10.2. The Bertz CT molecular complexity index is 218. The van der Waals surface area contributed by atoms with Crippen molar-refractivity contribution in [1.29, 1.82) is 5.26 Å². The van der Waals surface area contributed by atoms with Gasteiger partial charge < -0.3 is 4.89 Å². The van der Waals surface area contributed by atoms with Crippen LogP contribution in [0.25, 0.3) is 0 Å². The molecule has 0 aliphatic carbocycles. The number of nitrogens with two attached hydrogens (primary N) is 1. The van der Waals surface area contributed by atoms with Crippen LogP contribution in [0.2, 0.25) is 0 Å². The van der Waals surface area contributed by atoms with Gasteiger partial charge in [0, 0.05) is 0 Å². The highest BCUT2D eigenvalue weighted by molar-refractivity contribution is 7.43. The molecule has 0 saturated carbocycles. The first-order chi connectivity index (χ1) is 6.86. The highest BCUT2D eigenvalue weighted by atomic mass is 31.2. The number of nitriles is 1. The maximum Gasteiger partial charge on any atom is 0.313 e. The molecule has 1 unspecified atom stereocenters. The summed E-state index contributed by atoms with van der Waals surface area (Å²) in [5.41, 5.74) is 5.33. The second-order valence-corrected chi connectivity index (χ2v) is 4.83. The summed E-state index contributed by atoms with van der Waals surface area (Å²) in [6.45, 7) is 8.53. The summed E-state index contributed by atoms with van der Waals surface area (Å²) in [5, 5.41) is 8.62. The van der Waals surface area contributed by atoms with Crippen molar-refractivity contribution >= 4 is 8.53 Å². The summed E-state index contributed by atoms with van der Waals surface area (Å²) in [6.07, 6.45) is 0.388. The van der Waals surface area contributed by atoms with Crippen LogP contribution >= 0.6 is 8.53 Å². The molecule has 1 atom stereocenters. The van der Waals surface area contributed by atoms with E-state index in [1.165, 1.54) is 0 Å². The SMILES string of the molecule is CC(C)[N+](CCC#N)(OP(N)O)C(C)C. The number of hydrogen-bond donors (Lipinski definition) is 2. The molecule has 3 N–H and O–H groups in total. The van der Waals surface area contributed by atoms with Crippen molar-refractivity contribution < 1.29 is 14.2 Å². The maximum absolute atomic E-state index is 9.21. The average Bonchev–Trinajstić information content (AvgIpc) is 2.10. The standard InChI is InChI=1S/C9H21N3O2P/c1-8(2)12(9(3)4,7-5-6-10)14-15(11)13/h8-9,13H,5,7,11H2,1-4H3/q+1. The lowest BCUT2D eigenvalue weighted by molar-refractivity contribution is -1.11. The van der Waals surface area contributed by atoms with Gasteiger partial charge in [-0.3, -0.25) is 5.50 Å². The van der Waals surface area contributed by atoms with Crippen LogP contribution in [0.15, 0.2) is 0 Å². The Hall–Kier alpha value is -0.240. The second kappa shape index (κ2) is 6.37. The molecule has 0 amide bonds. The molecule has 6 heteroatoms. The Morgan fingerprint density at radius 2 is 1.87 bits per heavy atom. The van der Waals surface area contributed by atoms with Crippen molar-refractivity contribution in [1.82, 2.24) is 0 Å². The highest BCUT2D eigenvalue weighted by Gasteiger charge is 2.39. The van der Waals surface area contributed by atoms with E-state index in [0.29, 0.717) is 13.0 Å². The van der Waals surface area contributed by atoms with Crippen LogP contribution in [0.4, 0.5) is 0 Å². The summed E-state index contributed by atoms with van der Waals surface area (Å²) in [5.74, 6) is 0. The van der Waals surface area contributed by atoms with Crippen LogP contribution in [-0.2, 0) is 4.62 Å². The van der Waals surface area contributed by atoms with E-state index in [0.717, 1.165) is 0 Å². The molecule has 0 heterocycles. The number of nitrogens with zero attached hydrogens (tertiary/aromatic N) is 2. The highest BCUT2D eigenvalue weighted by Crippen LogP contribution is 2.33. The monoisotopic (exact) mass is 234 g/mol. The second-order valence-electron chi connectivity index (χ2n) is 4.06. The van der Waals surface area contributed by atoms with E-state index in [1.807, 2.05) is 27.7 Å². The Kier molecular flexibility index (Phi) is 6.26. The molecule has 0 aliphatic heterocycles. The fourth-order valence-electron chi connectivity index (χ4n) is 1.72. The van der Waals surface area contributed by atoms with Gasteiger partial charge in [-0.2, -0.15) is 9.91 Å². The van der Waals surface area contributed by atoms with E-state index in [4.69, 9.17) is 15.4 Å². The average molecular weight is 234 g/mol. The largest absolute Gasteiger partial charge is 0.334 e. The molecular weight excluding hydrogens is 213 g/mol. The lowest BCUT2D eigenvalue weighted by Gasteiger charge is -2.41. The van der Waals surface area contributed by atoms with Gasteiger partial charge >= 0.3 is 8.53 Å². The molecule has 0 aromatic carbocycles. The van der Waals surface area contributed by atoms with Crippen molar-refractivity contribution in [3.63, 3.8) is 0 Å². The van der Waals surface area contributed by atoms with E-state index in [-0.39, 0.29) is 16.7 Å². The Labute approximate surface area is 93.0 Å². The fraction of sp³-hybridized carbons (Fsp3) is 0.889. The minimum atomic E-state index is -1.91. The first-order valence-corrected chi connectivity index (χ1v) is 6.32. The van der Waals surface area contributed by atoms with Crippen LogP contribution in [-0.4, -0.2) is 28.2 Å². The van der Waals surface area contributed by atoms with Crippen molar-refractivity contribution in [3.05, 3.63) is 0 Å². The fourth-order valence-corrected chi connectivity index (χ4v) is 2.49. The number of hydrogen-bond acceptors (Lipinski definition) is 4. The van der Waals surface area contributed by atoms with Crippen molar-refractivity contribution in [2.45, 2.75) is 46.2 Å². The van der Waals surface area contributed by atoms with Crippen LogP contribution in [0.5, 0.6) is 0 Å². The quantitative estimate of drug-likeness (QED) is 0.416. The number of quaternary nitrogens is 1. The minimum Gasteiger partial charge on any atom is -0.334 e. The minimum absolute atomic E-state index is 0.152. The smallest absolute Gasteiger partial charge is 0.313 e. The molecular formula is C9H21N3O2P+. The maximum atomic E-state index is 9.21. The van der Waals surface area contributed by atoms with Crippen molar-refractivity contribution in [3.8, 4) is 6.07 Å². The third-order valence-electron chi connectivity index (χ3n) is 2.56. The van der Waals surface area contributed by atoms with Crippen molar-refractivity contribution in [2.24, 2.45) is 5.50 Å². The van der Waals surface area contributed by atoms with Crippen LogP contribution in [0, 0.1) is 11.3 Å². The predicted molar refractivity (Wildman–Crippen MR) is 60.0 cm³/mol. The normalized spacial score (nSPS) is 14.3. The number of rotatable bonds is 6. The van der Waals surface area contributed by atoms with Gasteiger partial charge in [-0.05, 0) is 27.7 Å². The van der Waals surface area contributed by atoms with Gasteiger partial charge in [0.15, 0.2) is 0 Å². The van der Waals surface area contributed by atoms with E-state index in [1.54, 1.807) is 0 Å². The third kappa shape index (κ3) is 4.02. The number of hydroxylamine groups is 3. The molecule has 0 spiro atoms. The van der Waals surface area contributed by atoms with Gasteiger partial charge in [0.1, 0.15) is 18.6 Å². The van der Waals surface area contributed by atoms with E-state index in [9.17, 15) is 4.89 Å². The predicted octanol–water partition coefficient (Wildman–Crippen LogP) is 1.64. The third-order valence-corrected chi connectivity index (χ3v) is 3.03. The summed E-state index contributed by atoms with van der Waals surface area (Å²) in [6, 6.07) is 2.40. The summed E-state index contributed by atoms with van der Waals surface area (Å²) >= 11 is 0. The zero-order valence-electron chi connectivity index (χ0n) is 9.84. The lowest BCUT2D eigenvalue weighted by Crippen LogP contribution is -2.57. The van der Waals surface area contributed by atoms with Crippen LogP contribution < -0.4 is 5.50 Å². The topological polar surface area (TPSA) is 79.3 Å². The van der Waals surface area contributed by atoms with Crippen LogP contribution in [0.3, 0.4) is 0 Å². The van der Waals surface area contributed by atoms with Gasteiger partial charge in [0.05, 0.1) is 12.5 Å². The zero-order valence-corrected chi connectivity index (χ0v) is 10.7. The van der Waals surface area contributed by atoms with Gasteiger partial charge in [-0.15, -0.1) is 4.62 Å². The van der Waals surface area contributed by atoms with E-state index < -0.39 is 8.53 Å². The molecule has 0 fully saturated rings. The Morgan fingerprint density at radius 1 is 1.40 bits per heavy atom. The molecule has 88 valence electrons. The molecule has 0 saturated heterocycles. The molecule has 5 nitrogen and oxygen atoms in total. The summed E-state index contributed by atoms with van der Waals surface area (Å²) in [7, 11) is -1.91. The Balaban J connectivity index is 4.83. The molecule has 0 aromatic rings. The van der Waals surface area contributed by atoms with Gasteiger partial charge in [-0.25, -0.2) is 0 Å². The van der Waals surface area contributed by atoms with Gasteiger partial charge in [0.2, 0.25) is 0 Å². The zero-order chi connectivity index (χ0) is 12.1. The molecule has 0 rings (SSSR count). The summed E-state index contributed by atoms with van der Waals surface area (Å²) in [4.78, 5) is 9.21. The summed E-state index contributed by atoms with van der Waals surface area (Å²) < 4.78 is 5.68. The van der Waals surface area contributed by atoms with E-state index in [2.05, 4.69) is 6.07 Å². The molecule has 15 heavy (non-hydrogen) atoms. The van der Waals surface area contributed by atoms with Crippen LogP contribution in [0.1, 0.15) is 34.1 Å². The van der Waals surface area contributed by atoms with Gasteiger partial charge in [0.25, 0.3) is 0 Å². The molecule has 0 aromatic heterocycles. The van der Waals surface area contributed by atoms with E-state index >= 15 is 0 Å². The molecule has 0 aliphatic rings. The Morgan fingerprint density at radius 3 is 2.13 bits per heavy atom. The first-order valence-electron chi connectivity index (χ1n) is 5.04. The molecule has 0 radical (unpaired) electrons.